The Kier molecular flexibility index (Phi) is 6.71. The van der Waals surface area contributed by atoms with Crippen molar-refractivity contribution in [2.45, 2.75) is 11.3 Å². The molecule has 0 aliphatic carbocycles. The number of aromatic nitrogens is 3. The molecule has 0 unspecified atom stereocenters. The molecule has 1 heterocycles. The molecule has 1 amide bonds. The molecule has 3 rings (SSSR count). The van der Waals surface area contributed by atoms with Crippen LogP contribution in [0.15, 0.2) is 41.6 Å². The third-order valence-electron chi connectivity index (χ3n) is 3.73. The zero-order valence-electron chi connectivity index (χ0n) is 14.7. The van der Waals surface area contributed by atoms with Gasteiger partial charge in [0.1, 0.15) is 0 Å². The predicted octanol–water partition coefficient (Wildman–Crippen LogP) is 5.37. The second-order valence-corrected chi connectivity index (χ2v) is 8.05. The van der Waals surface area contributed by atoms with Crippen molar-refractivity contribution in [1.82, 2.24) is 14.9 Å². The lowest BCUT2D eigenvalue weighted by atomic mass is 10.1. The summed E-state index contributed by atoms with van der Waals surface area (Å²) in [6.07, 6.45) is -4.68. The smallest absolute Gasteiger partial charge is 0.335 e. The SMILES string of the molecule is Nn1c(SCC(=O)Nc2ccc(Cl)cc2C(F)(F)F)nnc1-c1ccc(Cl)cc1Cl. The van der Waals surface area contributed by atoms with Crippen LogP contribution < -0.4 is 11.2 Å². The molecule has 0 fully saturated rings. The minimum absolute atomic E-state index is 0.0978. The van der Waals surface area contributed by atoms with Crippen LogP contribution >= 0.6 is 46.6 Å². The lowest BCUT2D eigenvalue weighted by Gasteiger charge is -2.14. The monoisotopic (exact) mass is 495 g/mol. The fourth-order valence-corrected chi connectivity index (χ4v) is 3.73. The molecule has 6 nitrogen and oxygen atoms in total. The summed E-state index contributed by atoms with van der Waals surface area (Å²) in [5.74, 6) is 5.24. The Labute approximate surface area is 187 Å². The third kappa shape index (κ3) is 5.12. The Hall–Kier alpha value is -2.14. The summed E-state index contributed by atoms with van der Waals surface area (Å²) < 4.78 is 40.5. The zero-order chi connectivity index (χ0) is 22.1. The lowest BCUT2D eigenvalue weighted by Crippen LogP contribution is -2.19. The average molecular weight is 497 g/mol. The summed E-state index contributed by atoms with van der Waals surface area (Å²) in [6.45, 7) is 0. The minimum atomic E-state index is -4.68. The summed E-state index contributed by atoms with van der Waals surface area (Å²) in [5.41, 5.74) is -0.973. The summed E-state index contributed by atoms with van der Waals surface area (Å²) in [6, 6.07) is 7.79. The van der Waals surface area contributed by atoms with Gasteiger partial charge in [0.15, 0.2) is 5.82 Å². The summed E-state index contributed by atoms with van der Waals surface area (Å²) >= 11 is 18.5. The van der Waals surface area contributed by atoms with E-state index in [1.807, 2.05) is 0 Å². The molecule has 30 heavy (non-hydrogen) atoms. The van der Waals surface area contributed by atoms with E-state index in [2.05, 4.69) is 15.5 Å². The molecule has 2 aromatic carbocycles. The maximum Gasteiger partial charge on any atom is 0.418 e. The standard InChI is InChI=1S/C17H11Cl3F3N5OS/c18-8-2-4-13(11(5-8)17(21,22)23)25-14(29)7-30-16-27-26-15(28(16)24)10-3-1-9(19)6-12(10)20/h1-6H,7,24H2,(H,25,29). The molecule has 0 spiro atoms. The van der Waals surface area contributed by atoms with Gasteiger partial charge in [0, 0.05) is 15.6 Å². The van der Waals surface area contributed by atoms with Crippen molar-refractivity contribution in [3.8, 4) is 11.4 Å². The van der Waals surface area contributed by atoms with Crippen molar-refractivity contribution in [3.05, 3.63) is 57.0 Å². The topological polar surface area (TPSA) is 85.8 Å². The number of hydrogen-bond acceptors (Lipinski definition) is 5. The lowest BCUT2D eigenvalue weighted by molar-refractivity contribution is -0.137. The average Bonchev–Trinajstić information content (AvgIpc) is 3.01. The molecule has 3 aromatic rings. The molecule has 0 saturated heterocycles. The van der Waals surface area contributed by atoms with E-state index in [0.29, 0.717) is 15.6 Å². The highest BCUT2D eigenvalue weighted by Gasteiger charge is 2.34. The van der Waals surface area contributed by atoms with Crippen LogP contribution in [-0.4, -0.2) is 26.5 Å². The molecule has 0 radical (unpaired) electrons. The molecular weight excluding hydrogens is 486 g/mol. The molecule has 13 heteroatoms. The number of rotatable bonds is 5. The maximum absolute atomic E-state index is 13.1. The number of carbonyl (C=O) groups is 1. The predicted molar refractivity (Wildman–Crippen MR) is 111 cm³/mol. The summed E-state index contributed by atoms with van der Waals surface area (Å²) in [4.78, 5) is 12.2. The van der Waals surface area contributed by atoms with E-state index in [1.165, 1.54) is 12.1 Å². The van der Waals surface area contributed by atoms with Crippen LogP contribution in [0.25, 0.3) is 11.4 Å². The molecule has 0 saturated carbocycles. The van der Waals surface area contributed by atoms with Crippen molar-refractivity contribution in [3.63, 3.8) is 0 Å². The highest BCUT2D eigenvalue weighted by molar-refractivity contribution is 7.99. The van der Waals surface area contributed by atoms with Gasteiger partial charge in [-0.25, -0.2) is 4.68 Å². The number of carbonyl (C=O) groups excluding carboxylic acids is 1. The molecular formula is C17H11Cl3F3N5OS. The fraction of sp³-hybridized carbons (Fsp3) is 0.118. The first-order valence-electron chi connectivity index (χ1n) is 8.01. The van der Waals surface area contributed by atoms with E-state index in [4.69, 9.17) is 40.6 Å². The Morgan fingerprint density at radius 3 is 2.43 bits per heavy atom. The van der Waals surface area contributed by atoms with E-state index in [-0.39, 0.29) is 21.8 Å². The molecule has 0 bridgehead atoms. The van der Waals surface area contributed by atoms with Gasteiger partial charge in [-0.15, -0.1) is 10.2 Å². The first-order valence-corrected chi connectivity index (χ1v) is 10.1. The van der Waals surface area contributed by atoms with Crippen LogP contribution in [-0.2, 0) is 11.0 Å². The van der Waals surface area contributed by atoms with Gasteiger partial charge in [-0.3, -0.25) is 4.79 Å². The van der Waals surface area contributed by atoms with Crippen LogP contribution in [0, 0.1) is 0 Å². The largest absolute Gasteiger partial charge is 0.418 e. The Bertz CT molecular complexity index is 1110. The van der Waals surface area contributed by atoms with Crippen LogP contribution in [0.1, 0.15) is 5.56 Å². The molecule has 3 N–H and O–H groups in total. The molecule has 1 aromatic heterocycles. The number of amides is 1. The van der Waals surface area contributed by atoms with Gasteiger partial charge in [-0.1, -0.05) is 46.6 Å². The summed E-state index contributed by atoms with van der Waals surface area (Å²) in [5, 5.41) is 10.8. The Morgan fingerprint density at radius 1 is 1.10 bits per heavy atom. The number of benzene rings is 2. The van der Waals surface area contributed by atoms with E-state index >= 15 is 0 Å². The second-order valence-electron chi connectivity index (χ2n) is 5.82. The molecule has 0 atom stereocenters. The Balaban J connectivity index is 1.72. The molecule has 0 aliphatic heterocycles. The first kappa shape index (κ1) is 22.5. The van der Waals surface area contributed by atoms with Crippen LogP contribution in [0.4, 0.5) is 18.9 Å². The van der Waals surface area contributed by atoms with Crippen molar-refractivity contribution in [1.29, 1.82) is 0 Å². The highest BCUT2D eigenvalue weighted by atomic mass is 35.5. The number of nitrogen functional groups attached to an aromatic ring is 1. The zero-order valence-corrected chi connectivity index (χ0v) is 17.8. The first-order chi connectivity index (χ1) is 14.1. The van der Waals surface area contributed by atoms with Gasteiger partial charge in [0.25, 0.3) is 0 Å². The highest BCUT2D eigenvalue weighted by Crippen LogP contribution is 2.36. The van der Waals surface area contributed by atoms with Crippen molar-refractivity contribution >= 4 is 58.2 Å². The maximum atomic E-state index is 13.1. The van der Waals surface area contributed by atoms with E-state index in [1.54, 1.807) is 12.1 Å². The molecule has 0 aliphatic rings. The second kappa shape index (κ2) is 8.93. The fourth-order valence-electron chi connectivity index (χ4n) is 2.41. The van der Waals surface area contributed by atoms with Gasteiger partial charge >= 0.3 is 6.18 Å². The van der Waals surface area contributed by atoms with E-state index in [0.717, 1.165) is 28.6 Å². The Morgan fingerprint density at radius 2 is 1.77 bits per heavy atom. The number of thioether (sulfide) groups is 1. The number of anilines is 1. The van der Waals surface area contributed by atoms with Crippen molar-refractivity contribution in [2.75, 3.05) is 16.9 Å². The van der Waals surface area contributed by atoms with Crippen LogP contribution in [0.3, 0.4) is 0 Å². The van der Waals surface area contributed by atoms with Gasteiger partial charge in [-0.05, 0) is 36.4 Å². The third-order valence-corrected chi connectivity index (χ3v) is 5.46. The van der Waals surface area contributed by atoms with E-state index in [9.17, 15) is 18.0 Å². The number of nitrogens with one attached hydrogen (secondary N) is 1. The number of halogens is 6. The van der Waals surface area contributed by atoms with Crippen LogP contribution in [0.2, 0.25) is 15.1 Å². The quantitative estimate of drug-likeness (QED) is 0.366. The van der Waals surface area contributed by atoms with Crippen LogP contribution in [0.5, 0.6) is 0 Å². The number of alkyl halides is 3. The van der Waals surface area contributed by atoms with Gasteiger partial charge in [0.2, 0.25) is 11.1 Å². The van der Waals surface area contributed by atoms with Crippen molar-refractivity contribution < 1.29 is 18.0 Å². The van der Waals surface area contributed by atoms with Crippen molar-refractivity contribution in [2.24, 2.45) is 0 Å². The minimum Gasteiger partial charge on any atom is -0.335 e. The molecule has 158 valence electrons. The summed E-state index contributed by atoms with van der Waals surface area (Å²) in [7, 11) is 0. The number of nitrogens with two attached hydrogens (primary N) is 1. The normalized spacial score (nSPS) is 11.5. The van der Waals surface area contributed by atoms with Gasteiger partial charge < -0.3 is 11.2 Å². The van der Waals surface area contributed by atoms with Gasteiger partial charge in [-0.2, -0.15) is 13.2 Å². The van der Waals surface area contributed by atoms with E-state index < -0.39 is 23.3 Å². The number of hydrogen-bond donors (Lipinski definition) is 2. The van der Waals surface area contributed by atoms with Gasteiger partial charge in [0.05, 0.1) is 22.0 Å². The number of nitrogens with zero attached hydrogens (tertiary/aromatic N) is 3.